The van der Waals surface area contributed by atoms with Gasteiger partial charge in [0.05, 0.1) is 12.4 Å². The van der Waals surface area contributed by atoms with Crippen LogP contribution in [0, 0.1) is 0 Å². The van der Waals surface area contributed by atoms with Crippen LogP contribution in [0.5, 0.6) is 0 Å². The summed E-state index contributed by atoms with van der Waals surface area (Å²) in [5, 5.41) is 11.7. The van der Waals surface area contributed by atoms with Crippen LogP contribution in [0.3, 0.4) is 0 Å². The maximum atomic E-state index is 11.3. The summed E-state index contributed by atoms with van der Waals surface area (Å²) in [6.45, 7) is 5.12. The number of nitrogens with zero attached hydrogens (tertiary/aromatic N) is 4. The smallest absolute Gasteiger partial charge is 0.322 e. The molecule has 0 aromatic carbocycles. The third-order valence-corrected chi connectivity index (χ3v) is 3.71. The summed E-state index contributed by atoms with van der Waals surface area (Å²) >= 11 is 1.67. The molecule has 7 nitrogen and oxygen atoms in total. The number of hydrogen-bond acceptors (Lipinski definition) is 7. The van der Waals surface area contributed by atoms with Gasteiger partial charge in [0.1, 0.15) is 6.04 Å². The molecule has 0 aliphatic rings. The Hall–Kier alpha value is -1.15. The Morgan fingerprint density at radius 3 is 3.00 bits per heavy atom. The Morgan fingerprint density at radius 2 is 2.30 bits per heavy atom. The highest BCUT2D eigenvalue weighted by atomic mass is 32.2. The molecule has 1 atom stereocenters. The van der Waals surface area contributed by atoms with Crippen molar-refractivity contribution >= 4 is 17.7 Å². The van der Waals surface area contributed by atoms with Crippen LogP contribution in [-0.2, 0) is 21.8 Å². The highest BCUT2D eigenvalue weighted by molar-refractivity contribution is 7.98. The molecule has 0 aliphatic carbocycles. The summed E-state index contributed by atoms with van der Waals surface area (Å²) in [5.41, 5.74) is 5.72. The molecule has 1 aromatic heterocycles. The minimum Gasteiger partial charge on any atom is -0.465 e. The van der Waals surface area contributed by atoms with Gasteiger partial charge in [-0.1, -0.05) is 13.3 Å². The first kappa shape index (κ1) is 16.9. The van der Waals surface area contributed by atoms with Crippen molar-refractivity contribution in [1.29, 1.82) is 0 Å². The van der Waals surface area contributed by atoms with Crippen LogP contribution in [-0.4, -0.2) is 44.6 Å². The molecule has 1 rings (SSSR count). The maximum absolute atomic E-state index is 11.3. The van der Waals surface area contributed by atoms with Gasteiger partial charge in [-0.2, -0.15) is 11.8 Å². The first-order chi connectivity index (χ1) is 9.69. The molecule has 0 fully saturated rings. The third-order valence-electron chi connectivity index (χ3n) is 2.72. The van der Waals surface area contributed by atoms with Crippen molar-refractivity contribution in [2.75, 3.05) is 12.4 Å². The standard InChI is InChI=1S/C12H23N5O2S/c1-3-5-7-17-11(14-15-16-17)9-20-8-6-10(13)12(18)19-4-2/h10H,3-9,13H2,1-2H3. The van der Waals surface area contributed by atoms with Crippen LogP contribution in [0.2, 0.25) is 0 Å². The lowest BCUT2D eigenvalue weighted by molar-refractivity contribution is -0.144. The van der Waals surface area contributed by atoms with E-state index in [1.807, 2.05) is 4.68 Å². The molecule has 1 unspecified atom stereocenters. The fourth-order valence-electron chi connectivity index (χ4n) is 1.55. The fourth-order valence-corrected chi connectivity index (χ4v) is 2.50. The number of tetrazole rings is 1. The fraction of sp³-hybridized carbons (Fsp3) is 0.833. The zero-order valence-corrected chi connectivity index (χ0v) is 12.9. The first-order valence-corrected chi connectivity index (χ1v) is 8.09. The van der Waals surface area contributed by atoms with Crippen molar-refractivity contribution in [2.24, 2.45) is 5.73 Å². The van der Waals surface area contributed by atoms with Crippen molar-refractivity contribution in [2.45, 2.75) is 51.4 Å². The molecule has 0 saturated heterocycles. The number of esters is 1. The van der Waals surface area contributed by atoms with Crippen LogP contribution in [0.25, 0.3) is 0 Å². The van der Waals surface area contributed by atoms with Crippen molar-refractivity contribution in [1.82, 2.24) is 20.2 Å². The highest BCUT2D eigenvalue weighted by Crippen LogP contribution is 2.12. The number of ether oxygens (including phenoxy) is 1. The second kappa shape index (κ2) is 9.71. The van der Waals surface area contributed by atoms with Gasteiger partial charge in [-0.15, -0.1) is 5.10 Å². The summed E-state index contributed by atoms with van der Waals surface area (Å²) in [6.07, 6.45) is 2.78. The molecule has 0 bridgehead atoms. The van der Waals surface area contributed by atoms with Crippen molar-refractivity contribution < 1.29 is 9.53 Å². The van der Waals surface area contributed by atoms with E-state index in [0.29, 0.717) is 13.0 Å². The van der Waals surface area contributed by atoms with E-state index in [2.05, 4.69) is 22.4 Å². The number of aryl methyl sites for hydroxylation is 1. The van der Waals surface area contributed by atoms with E-state index in [1.165, 1.54) is 0 Å². The molecule has 2 N–H and O–H groups in total. The number of carbonyl (C=O) groups excluding carboxylic acids is 1. The molecule has 0 saturated carbocycles. The normalized spacial score (nSPS) is 12.3. The lowest BCUT2D eigenvalue weighted by Crippen LogP contribution is -2.32. The molecule has 1 heterocycles. The molecule has 0 amide bonds. The van der Waals surface area contributed by atoms with Crippen LogP contribution in [0.15, 0.2) is 0 Å². The number of hydrogen-bond donors (Lipinski definition) is 1. The predicted octanol–water partition coefficient (Wildman–Crippen LogP) is 0.987. The lowest BCUT2D eigenvalue weighted by Gasteiger charge is -2.09. The summed E-state index contributed by atoms with van der Waals surface area (Å²) in [5.74, 6) is 2.04. The van der Waals surface area contributed by atoms with Gasteiger partial charge in [0, 0.05) is 6.54 Å². The number of rotatable bonds is 10. The van der Waals surface area contributed by atoms with Gasteiger partial charge >= 0.3 is 5.97 Å². The van der Waals surface area contributed by atoms with Gasteiger partial charge < -0.3 is 10.5 Å². The molecular formula is C12H23N5O2S. The molecule has 0 spiro atoms. The topological polar surface area (TPSA) is 95.9 Å². The van der Waals surface area contributed by atoms with E-state index >= 15 is 0 Å². The van der Waals surface area contributed by atoms with Gasteiger partial charge in [0.2, 0.25) is 0 Å². The SMILES string of the molecule is CCCCn1nnnc1CSCCC(N)C(=O)OCC. The second-order valence-corrected chi connectivity index (χ2v) is 5.48. The van der Waals surface area contributed by atoms with Crippen LogP contribution in [0.4, 0.5) is 0 Å². The molecule has 0 aliphatic heterocycles. The third kappa shape index (κ3) is 5.87. The molecular weight excluding hydrogens is 278 g/mol. The van der Waals surface area contributed by atoms with E-state index in [0.717, 1.165) is 36.7 Å². The maximum Gasteiger partial charge on any atom is 0.322 e. The van der Waals surface area contributed by atoms with Gasteiger partial charge in [-0.3, -0.25) is 4.79 Å². The number of nitrogens with two attached hydrogens (primary N) is 1. The van der Waals surface area contributed by atoms with E-state index in [4.69, 9.17) is 10.5 Å². The number of carbonyl (C=O) groups is 1. The monoisotopic (exact) mass is 301 g/mol. The quantitative estimate of drug-likeness (QED) is 0.508. The highest BCUT2D eigenvalue weighted by Gasteiger charge is 2.14. The van der Waals surface area contributed by atoms with Gasteiger partial charge in [-0.25, -0.2) is 4.68 Å². The Kier molecular flexibility index (Phi) is 8.20. The summed E-state index contributed by atoms with van der Waals surface area (Å²) < 4.78 is 6.70. The van der Waals surface area contributed by atoms with E-state index in [-0.39, 0.29) is 5.97 Å². The molecule has 20 heavy (non-hydrogen) atoms. The van der Waals surface area contributed by atoms with Crippen LogP contribution >= 0.6 is 11.8 Å². The van der Waals surface area contributed by atoms with E-state index in [9.17, 15) is 4.79 Å². The Balaban J connectivity index is 2.24. The van der Waals surface area contributed by atoms with Gasteiger partial charge in [0.15, 0.2) is 5.82 Å². The minimum absolute atomic E-state index is 0.333. The van der Waals surface area contributed by atoms with Crippen molar-refractivity contribution in [3.8, 4) is 0 Å². The Morgan fingerprint density at radius 1 is 1.50 bits per heavy atom. The number of thioether (sulfide) groups is 1. The van der Waals surface area contributed by atoms with E-state index < -0.39 is 6.04 Å². The Bertz CT molecular complexity index is 399. The lowest BCUT2D eigenvalue weighted by atomic mass is 10.2. The minimum atomic E-state index is -0.543. The largest absolute Gasteiger partial charge is 0.465 e. The van der Waals surface area contributed by atoms with Crippen molar-refractivity contribution in [3.63, 3.8) is 0 Å². The number of aromatic nitrogens is 4. The van der Waals surface area contributed by atoms with E-state index in [1.54, 1.807) is 18.7 Å². The number of unbranched alkanes of at least 4 members (excludes halogenated alkanes) is 1. The molecule has 1 aromatic rings. The molecule has 114 valence electrons. The average molecular weight is 301 g/mol. The predicted molar refractivity (Wildman–Crippen MR) is 78.1 cm³/mol. The molecule has 0 radical (unpaired) electrons. The Labute approximate surface area is 123 Å². The zero-order chi connectivity index (χ0) is 14.8. The molecule has 8 heteroatoms. The zero-order valence-electron chi connectivity index (χ0n) is 12.1. The summed E-state index contributed by atoms with van der Waals surface area (Å²) in [6, 6.07) is -0.543. The first-order valence-electron chi connectivity index (χ1n) is 6.94. The van der Waals surface area contributed by atoms with Gasteiger partial charge in [-0.05, 0) is 35.9 Å². The summed E-state index contributed by atoms with van der Waals surface area (Å²) in [7, 11) is 0. The summed E-state index contributed by atoms with van der Waals surface area (Å²) in [4.78, 5) is 11.3. The average Bonchev–Trinajstić information content (AvgIpc) is 2.88. The second-order valence-electron chi connectivity index (χ2n) is 4.37. The van der Waals surface area contributed by atoms with Gasteiger partial charge in [0.25, 0.3) is 0 Å². The van der Waals surface area contributed by atoms with Crippen LogP contribution in [0.1, 0.15) is 38.9 Å². The van der Waals surface area contributed by atoms with Crippen LogP contribution < -0.4 is 5.73 Å². The van der Waals surface area contributed by atoms with Crippen molar-refractivity contribution in [3.05, 3.63) is 5.82 Å².